The van der Waals surface area contributed by atoms with E-state index in [1.807, 2.05) is 47.9 Å². The lowest BCUT2D eigenvalue weighted by atomic mass is 9.68. The van der Waals surface area contributed by atoms with Crippen molar-refractivity contribution in [3.05, 3.63) is 105 Å². The molecule has 0 spiro atoms. The third kappa shape index (κ3) is 2.62. The molecule has 1 aliphatic carbocycles. The smallest absolute Gasteiger partial charge is 0.159 e. The van der Waals surface area contributed by atoms with Crippen LogP contribution in [0.1, 0.15) is 22.4 Å². The summed E-state index contributed by atoms with van der Waals surface area (Å²) < 4.78 is 27.7. The molecule has 2 aromatic carbocycles. The van der Waals surface area contributed by atoms with Gasteiger partial charge in [-0.05, 0) is 34.7 Å². The second-order valence-electron chi connectivity index (χ2n) is 6.95. The number of nitrogens with one attached hydrogen (secondary N) is 1. The summed E-state index contributed by atoms with van der Waals surface area (Å²) in [6, 6.07) is 16.1. The molecule has 0 fully saturated rings. The molecule has 5 heteroatoms. The first-order valence-electron chi connectivity index (χ1n) is 8.97. The zero-order valence-electron chi connectivity index (χ0n) is 14.8. The number of aromatic amines is 1. The van der Waals surface area contributed by atoms with E-state index in [1.54, 1.807) is 17.4 Å². The Morgan fingerprint density at radius 3 is 2.57 bits per heavy atom. The molecule has 2 aromatic heterocycles. The van der Waals surface area contributed by atoms with Crippen molar-refractivity contribution in [3.63, 3.8) is 0 Å². The van der Waals surface area contributed by atoms with Gasteiger partial charge in [-0.1, -0.05) is 48.6 Å². The number of rotatable bonds is 3. The molecule has 2 heterocycles. The number of nitrogens with zero attached hydrogens (tertiary/aromatic N) is 1. The molecule has 1 aliphatic rings. The molecule has 0 amide bonds. The number of thiophene rings is 1. The van der Waals surface area contributed by atoms with Crippen LogP contribution >= 0.6 is 11.3 Å². The Morgan fingerprint density at radius 2 is 1.82 bits per heavy atom. The molecule has 1 unspecified atom stereocenters. The summed E-state index contributed by atoms with van der Waals surface area (Å²) >= 11 is 1.63. The minimum atomic E-state index is -0.839. The fourth-order valence-corrected chi connectivity index (χ4v) is 4.60. The molecule has 0 bridgehead atoms. The standard InChI is InChI=1S/C23H16F2N2S/c24-19-7-6-17(12-20(19)25)23(16-4-2-1-3-5-16)10-8-18-21(13-23)26-27-22(18)15-9-11-28-14-15/h1-12,14H,13H2,(H,26,27). The summed E-state index contributed by atoms with van der Waals surface area (Å²) in [6.45, 7) is 0. The molecule has 4 aromatic rings. The zero-order valence-corrected chi connectivity index (χ0v) is 15.6. The van der Waals surface area contributed by atoms with Gasteiger partial charge in [-0.25, -0.2) is 8.78 Å². The van der Waals surface area contributed by atoms with Crippen molar-refractivity contribution in [1.29, 1.82) is 0 Å². The number of allylic oxidation sites excluding steroid dienone is 1. The Morgan fingerprint density at radius 1 is 0.964 bits per heavy atom. The number of H-pyrrole nitrogens is 1. The maximum absolute atomic E-state index is 14.1. The summed E-state index contributed by atoms with van der Waals surface area (Å²) in [7, 11) is 0. The monoisotopic (exact) mass is 390 g/mol. The van der Waals surface area contributed by atoms with Crippen molar-refractivity contribution in [2.45, 2.75) is 11.8 Å². The molecule has 0 saturated carbocycles. The van der Waals surface area contributed by atoms with Crippen LogP contribution in [0.3, 0.4) is 0 Å². The van der Waals surface area contributed by atoms with E-state index in [-0.39, 0.29) is 0 Å². The Balaban J connectivity index is 1.68. The number of benzene rings is 2. The number of hydrogen-bond donors (Lipinski definition) is 1. The first kappa shape index (κ1) is 17.1. The predicted octanol–water partition coefficient (Wildman–Crippen LogP) is 5.97. The number of halogens is 2. The van der Waals surface area contributed by atoms with Crippen molar-refractivity contribution in [3.8, 4) is 11.3 Å². The quantitative estimate of drug-likeness (QED) is 0.459. The minimum absolute atomic E-state index is 0.588. The molecule has 1 atom stereocenters. The van der Waals surface area contributed by atoms with Crippen LogP contribution in [-0.4, -0.2) is 10.2 Å². The van der Waals surface area contributed by atoms with Gasteiger partial charge in [0.25, 0.3) is 0 Å². The fourth-order valence-electron chi connectivity index (χ4n) is 3.96. The van der Waals surface area contributed by atoms with Crippen LogP contribution < -0.4 is 0 Å². The highest BCUT2D eigenvalue weighted by atomic mass is 32.1. The van der Waals surface area contributed by atoms with E-state index >= 15 is 0 Å². The lowest BCUT2D eigenvalue weighted by Gasteiger charge is -2.34. The van der Waals surface area contributed by atoms with Gasteiger partial charge in [0.1, 0.15) is 5.69 Å². The van der Waals surface area contributed by atoms with Crippen molar-refractivity contribution < 1.29 is 8.78 Å². The highest BCUT2D eigenvalue weighted by molar-refractivity contribution is 7.08. The average Bonchev–Trinajstić information content (AvgIpc) is 3.39. The van der Waals surface area contributed by atoms with E-state index in [0.717, 1.165) is 28.1 Å². The Bertz CT molecular complexity index is 1160. The van der Waals surface area contributed by atoms with E-state index in [1.165, 1.54) is 12.1 Å². The van der Waals surface area contributed by atoms with Gasteiger partial charge in [-0.3, -0.25) is 5.10 Å². The highest BCUT2D eigenvalue weighted by Crippen LogP contribution is 2.43. The van der Waals surface area contributed by atoms with E-state index in [9.17, 15) is 8.78 Å². The van der Waals surface area contributed by atoms with E-state index in [0.29, 0.717) is 12.0 Å². The third-order valence-corrected chi connectivity index (χ3v) is 6.07. The first-order chi connectivity index (χ1) is 13.7. The summed E-state index contributed by atoms with van der Waals surface area (Å²) in [5.74, 6) is -1.68. The minimum Gasteiger partial charge on any atom is -0.281 e. The van der Waals surface area contributed by atoms with Crippen LogP contribution in [0.15, 0.2) is 71.4 Å². The van der Waals surface area contributed by atoms with Crippen LogP contribution in [0.4, 0.5) is 8.78 Å². The second kappa shape index (κ2) is 6.53. The second-order valence-corrected chi connectivity index (χ2v) is 7.73. The summed E-state index contributed by atoms with van der Waals surface area (Å²) in [6.07, 6.45) is 4.72. The fraction of sp³-hybridized carbons (Fsp3) is 0.0870. The predicted molar refractivity (Wildman–Crippen MR) is 108 cm³/mol. The Kier molecular flexibility index (Phi) is 3.98. The van der Waals surface area contributed by atoms with Crippen molar-refractivity contribution in [2.24, 2.45) is 0 Å². The molecular formula is C23H16F2N2S. The lowest BCUT2D eigenvalue weighted by molar-refractivity contribution is 0.502. The van der Waals surface area contributed by atoms with Gasteiger partial charge in [-0.15, -0.1) is 0 Å². The van der Waals surface area contributed by atoms with Crippen molar-refractivity contribution >= 4 is 17.4 Å². The Hall–Kier alpha value is -3.05. The molecule has 138 valence electrons. The number of aromatic nitrogens is 2. The highest BCUT2D eigenvalue weighted by Gasteiger charge is 2.37. The topological polar surface area (TPSA) is 28.7 Å². The van der Waals surface area contributed by atoms with Gasteiger partial charge in [0.2, 0.25) is 0 Å². The van der Waals surface area contributed by atoms with E-state index in [4.69, 9.17) is 0 Å². The van der Waals surface area contributed by atoms with E-state index < -0.39 is 17.0 Å². The lowest BCUT2D eigenvalue weighted by Crippen LogP contribution is -2.30. The molecule has 0 radical (unpaired) electrons. The van der Waals surface area contributed by atoms with Crippen LogP contribution in [0.2, 0.25) is 0 Å². The van der Waals surface area contributed by atoms with Crippen molar-refractivity contribution in [1.82, 2.24) is 10.2 Å². The third-order valence-electron chi connectivity index (χ3n) is 5.39. The molecule has 1 N–H and O–H groups in total. The summed E-state index contributed by atoms with van der Waals surface area (Å²) in [4.78, 5) is 0. The summed E-state index contributed by atoms with van der Waals surface area (Å²) in [5.41, 5.74) is 5.17. The van der Waals surface area contributed by atoms with Gasteiger partial charge in [0, 0.05) is 34.0 Å². The SMILES string of the molecule is Fc1ccc(C2(c3ccccc3)C=Cc3c(-c4ccsc4)n[nH]c3C2)cc1F. The number of hydrogen-bond acceptors (Lipinski definition) is 2. The maximum atomic E-state index is 14.1. The van der Waals surface area contributed by atoms with Gasteiger partial charge < -0.3 is 0 Å². The molecule has 2 nitrogen and oxygen atoms in total. The van der Waals surface area contributed by atoms with E-state index in [2.05, 4.69) is 21.7 Å². The molecule has 0 aliphatic heterocycles. The Labute approximate surface area is 165 Å². The average molecular weight is 390 g/mol. The zero-order chi connectivity index (χ0) is 19.1. The van der Waals surface area contributed by atoms with Crippen LogP contribution in [0.5, 0.6) is 0 Å². The normalized spacial score (nSPS) is 18.2. The van der Waals surface area contributed by atoms with Gasteiger partial charge >= 0.3 is 0 Å². The number of fused-ring (bicyclic) bond motifs is 1. The molecule has 5 rings (SSSR count). The maximum Gasteiger partial charge on any atom is 0.159 e. The van der Waals surface area contributed by atoms with Crippen LogP contribution in [-0.2, 0) is 11.8 Å². The van der Waals surface area contributed by atoms with Crippen LogP contribution in [0.25, 0.3) is 17.3 Å². The largest absolute Gasteiger partial charge is 0.281 e. The molecule has 28 heavy (non-hydrogen) atoms. The molecular weight excluding hydrogens is 374 g/mol. The van der Waals surface area contributed by atoms with Gasteiger partial charge in [0.15, 0.2) is 11.6 Å². The van der Waals surface area contributed by atoms with Gasteiger partial charge in [-0.2, -0.15) is 16.4 Å². The first-order valence-corrected chi connectivity index (χ1v) is 9.92. The van der Waals surface area contributed by atoms with Crippen molar-refractivity contribution in [2.75, 3.05) is 0 Å². The van der Waals surface area contributed by atoms with Crippen LogP contribution in [0, 0.1) is 11.6 Å². The van der Waals surface area contributed by atoms with Gasteiger partial charge in [0.05, 0.1) is 0 Å². The molecule has 0 saturated heterocycles. The summed E-state index contributed by atoms with van der Waals surface area (Å²) in [5, 5.41) is 11.8.